The lowest BCUT2D eigenvalue weighted by Gasteiger charge is -2.47. The summed E-state index contributed by atoms with van der Waals surface area (Å²) < 4.78 is 252. The maximum absolute atomic E-state index is 10.2. The summed E-state index contributed by atoms with van der Waals surface area (Å²) in [5, 5.41) is 15.4. The fourth-order valence-electron chi connectivity index (χ4n) is 15.3. The molecule has 99 heavy (non-hydrogen) atoms. The molecule has 4 aliphatic heterocycles. The Morgan fingerprint density at radius 2 is 0.768 bits per heavy atom. The first-order valence-electron chi connectivity index (χ1n) is 49.4. The number of benzene rings is 8. The molecule has 7 nitrogen and oxygen atoms in total. The highest BCUT2D eigenvalue weighted by Gasteiger charge is 2.44. The largest absolute Gasteiger partial charge is 0.388 e. The van der Waals surface area contributed by atoms with Gasteiger partial charge >= 0.3 is 0 Å². The van der Waals surface area contributed by atoms with Gasteiger partial charge in [0, 0.05) is 140 Å². The summed E-state index contributed by atoms with van der Waals surface area (Å²) in [6, 6.07) is 14.6. The van der Waals surface area contributed by atoms with E-state index >= 15 is 0 Å². The van der Waals surface area contributed by atoms with E-state index in [1.165, 1.54) is 0 Å². The second-order valence-corrected chi connectivity index (χ2v) is 31.5. The number of hydrogen-bond acceptors (Lipinski definition) is 7. The van der Waals surface area contributed by atoms with E-state index in [9.17, 15) is 5.11 Å². The molecule has 16 rings (SSSR count). The lowest BCUT2D eigenvalue weighted by Crippen LogP contribution is -2.58. The van der Waals surface area contributed by atoms with E-state index in [-0.39, 0.29) is 157 Å². The molecule has 4 heterocycles. The normalized spacial score (nSPS) is 32.5. The van der Waals surface area contributed by atoms with Gasteiger partial charge in [-0.15, -0.1) is 0 Å². The molecule has 4 fully saturated rings. The summed E-state index contributed by atoms with van der Waals surface area (Å²) in [6.07, 6.45) is -0.262. The third-order valence-corrected chi connectivity index (χ3v) is 21.3. The minimum Gasteiger partial charge on any atom is -0.388 e. The fraction of sp³-hybridized carbons (Fsp3) is 0.455. The van der Waals surface area contributed by atoms with E-state index in [2.05, 4.69) is 42.8 Å². The summed E-state index contributed by atoms with van der Waals surface area (Å²) >= 11 is 24.9. The first-order valence-corrected chi connectivity index (χ1v) is 35.4. The van der Waals surface area contributed by atoms with Crippen LogP contribution in [-0.2, 0) is 0 Å². The Bertz CT molecular complexity index is 5540. The number of halogens is 4. The van der Waals surface area contributed by atoms with Crippen LogP contribution in [0.3, 0.4) is 0 Å². The molecule has 8 aromatic carbocycles. The molecule has 0 saturated carbocycles. The summed E-state index contributed by atoms with van der Waals surface area (Å²) in [6.45, 7) is 12.8. The molecule has 4 aliphatic carbocycles. The van der Waals surface area contributed by atoms with Crippen molar-refractivity contribution >= 4 is 46.4 Å². The summed E-state index contributed by atoms with van der Waals surface area (Å²) in [5.41, 5.74) is 6.17. The minimum absolute atomic E-state index is 0.127. The van der Waals surface area contributed by atoms with Crippen molar-refractivity contribution < 1.29 is 47.6 Å². The zero-order valence-electron chi connectivity index (χ0n) is 88.6. The minimum atomic E-state index is -2.62. The van der Waals surface area contributed by atoms with Crippen molar-refractivity contribution in [1.82, 2.24) is 29.8 Å². The van der Waals surface area contributed by atoms with E-state index in [0.29, 0.717) is 88.5 Å². The van der Waals surface area contributed by atoms with Crippen LogP contribution in [0.25, 0.3) is 0 Å². The average molecular weight is 1440 g/mol. The highest BCUT2D eigenvalue weighted by atomic mass is 35.5. The third-order valence-electron chi connectivity index (χ3n) is 20.4. The predicted octanol–water partition coefficient (Wildman–Crippen LogP) is 21.2. The summed E-state index contributed by atoms with van der Waals surface area (Å²) in [4.78, 5) is 8.87. The topological polar surface area (TPSA) is 48.5 Å². The van der Waals surface area contributed by atoms with Crippen molar-refractivity contribution in [3.63, 3.8) is 0 Å². The number of piperazine rings is 2. The van der Waals surface area contributed by atoms with E-state index in [1.807, 2.05) is 43.0 Å². The molecule has 2 N–H and O–H groups in total. The zero-order chi connectivity index (χ0) is 96.9. The van der Waals surface area contributed by atoms with Crippen molar-refractivity contribution in [3.8, 4) is 0 Å². The van der Waals surface area contributed by atoms with Crippen molar-refractivity contribution in [2.45, 2.75) is 166 Å². The van der Waals surface area contributed by atoms with Crippen LogP contribution in [0, 0.1) is 10.8 Å². The van der Waals surface area contributed by atoms with Gasteiger partial charge in [-0.3, -0.25) is 24.5 Å². The number of aliphatic hydroxyl groups is 1. The molecule has 8 aromatic rings. The number of nitrogens with zero attached hydrogens (tertiary/aromatic N) is 5. The van der Waals surface area contributed by atoms with Crippen LogP contribution >= 0.6 is 46.4 Å². The molecule has 11 heteroatoms. The van der Waals surface area contributed by atoms with Crippen LogP contribution in [0.15, 0.2) is 194 Å². The van der Waals surface area contributed by atoms with Crippen LogP contribution in [-0.4, -0.2) is 120 Å². The van der Waals surface area contributed by atoms with Crippen molar-refractivity contribution in [1.29, 1.82) is 0 Å². The maximum Gasteiger partial charge on any atom is 0.0802 e. The van der Waals surface area contributed by atoms with Gasteiger partial charge < -0.3 is 10.4 Å². The van der Waals surface area contributed by atoms with Gasteiger partial charge in [0.05, 0.1) is 33.5 Å². The Labute approximate surface area is 657 Å². The number of piperidine rings is 2. The van der Waals surface area contributed by atoms with Gasteiger partial charge in [0.25, 0.3) is 0 Å². The van der Waals surface area contributed by atoms with E-state index in [4.69, 9.17) is 88.9 Å². The van der Waals surface area contributed by atoms with Crippen LogP contribution in [0.1, 0.15) is 264 Å². The van der Waals surface area contributed by atoms with Gasteiger partial charge in [-0.05, 0) is 232 Å². The second-order valence-electron chi connectivity index (χ2n) is 29.8. The highest BCUT2D eigenvalue weighted by Crippen LogP contribution is 2.52. The first-order chi connectivity index (χ1) is 59.8. The summed E-state index contributed by atoms with van der Waals surface area (Å²) in [5.74, 6) is -1.72. The molecule has 0 radical (unpaired) electrons. The lowest BCUT2D eigenvalue weighted by atomic mass is 9.83. The number of likely N-dealkylation sites (tertiary alicyclic amines) is 1. The zero-order valence-corrected chi connectivity index (χ0v) is 60.7. The Morgan fingerprint density at radius 3 is 1.11 bits per heavy atom. The van der Waals surface area contributed by atoms with Gasteiger partial charge in [0.1, 0.15) is 0 Å². The van der Waals surface area contributed by atoms with Crippen molar-refractivity contribution in [3.05, 3.63) is 280 Å². The smallest absolute Gasteiger partial charge is 0.0802 e. The SMILES string of the molecule is [2H]C1([2H])CNCC(C)(C)C1.[2H]c1c([2H])c([2H])c([C@@H]2C[C@@H](N3CC([2H])([2H])CC(C)(C)C3)c3cc(Cl)ccc32)c([2H])c1[2H].[2H]c1c([2H])c([2H])c([C@@H]2C[C@@H](N3CC([2H])([2H])N(C([2H])([2H])[2H])C(C)(C)C3)c3cc(Cl)ccc32)c([2H])c1[2H].[2H]c1c([2H])c([2H])c([C@@H]2C[C@@H](N3CC([2H])([2H])N(C)C(C)(C)C3)c3cc(Cl)ccc32)c([2H])c1[2H].[2H]c1c([2H])c([2H])c([C@@H]2C[C@H](O)c3cc(Cl)ccc32)c([2H])c1[2H]. The molecular formula is C88H108Cl4N6O. The van der Waals surface area contributed by atoms with Gasteiger partial charge in [-0.25, -0.2) is 0 Å². The standard InChI is InChI=1S/2C22H27ClN2.C22H26ClN.C15H13ClO.C7H15N/c2*1-22(2)15-25(12-11-24(22)3)21-14-19(16-7-5-4-6-8-16)18-10-9-17(23)13-20(18)21;1-22(2)11-6-12-24(15-22)21-14-19(16-7-4-3-5-8-16)18-10-9-17(23)13-20(18)21;16-11-6-7-12-13(9-15(17)14(12)8-11)10-4-2-1-3-5-10;1-7(2)4-3-5-8-6-7/h2*4-10,13,19,21H,11-12,14-15H2,1-3H3;3-5,7-10,13,19,21H,6,11-12,14-15H2,1-2H3;1-8,13,15,17H,9H2;8H,3-6H2,1-2H3/t3*19-,21+;13-,15-;/m0000./s1/i3D3,4D,5D,6D,7D,8D,11D2;4D,5D,6D,7D,8D,11D2;3D,4D,5D,6D2,7D,8D;1D,2D,3D,4D,5D;3D2. The number of rotatable bonds is 7. The Morgan fingerprint density at radius 1 is 0.424 bits per heavy atom. The lowest BCUT2D eigenvalue weighted by molar-refractivity contribution is 0.0158. The maximum atomic E-state index is 10.2. The number of likely N-dealkylation sites (N-methyl/N-ethyl adjacent to an activating group) is 2. The Hall–Kier alpha value is -5.36. The Balaban J connectivity index is 0.000000153. The second kappa shape index (κ2) is 31.7. The van der Waals surface area contributed by atoms with Crippen LogP contribution in [0.2, 0.25) is 20.1 Å². The highest BCUT2D eigenvalue weighted by molar-refractivity contribution is 6.31. The molecule has 8 atom stereocenters. The molecule has 0 spiro atoms. The first kappa shape index (κ1) is 43.7. The van der Waals surface area contributed by atoms with Crippen molar-refractivity contribution in [2.24, 2.45) is 10.8 Å². The number of fused-ring (bicyclic) bond motifs is 4. The predicted molar refractivity (Wildman–Crippen MR) is 418 cm³/mol. The quantitative estimate of drug-likeness (QED) is 0.165. The molecule has 0 bridgehead atoms. The van der Waals surface area contributed by atoms with Gasteiger partial charge in [-0.1, -0.05) is 219 Å². The van der Waals surface area contributed by atoms with E-state index in [0.717, 1.165) is 56.9 Å². The average Bonchev–Trinajstić information content (AvgIpc) is 1.45. The molecule has 4 saturated heterocycles. The monoisotopic (exact) mass is 1440 g/mol. The molecule has 0 amide bonds. The third kappa shape index (κ3) is 17.5. The van der Waals surface area contributed by atoms with E-state index in [1.54, 1.807) is 74.3 Å². The molecular weight excluding hydrogens is 1300 g/mol. The van der Waals surface area contributed by atoms with Crippen LogP contribution in [0.5, 0.6) is 0 Å². The molecule has 0 unspecified atom stereocenters. The van der Waals surface area contributed by atoms with Gasteiger partial charge in [0.2, 0.25) is 0 Å². The van der Waals surface area contributed by atoms with Crippen LogP contribution < -0.4 is 5.32 Å². The molecule has 0 aromatic heterocycles. The van der Waals surface area contributed by atoms with Gasteiger partial charge in [0.15, 0.2) is 0 Å². The van der Waals surface area contributed by atoms with Gasteiger partial charge in [-0.2, -0.15) is 0 Å². The van der Waals surface area contributed by atoms with Crippen LogP contribution in [0.4, 0.5) is 0 Å². The molecule has 8 aliphatic rings. The number of aliphatic hydroxyl groups excluding tert-OH is 1. The summed E-state index contributed by atoms with van der Waals surface area (Å²) in [7, 11) is 1.80. The van der Waals surface area contributed by atoms with E-state index < -0.39 is 104 Å². The number of nitrogens with one attached hydrogen (secondary N) is 1. The molecule has 524 valence electrons. The Kier molecular flexibility index (Phi) is 14.0. The van der Waals surface area contributed by atoms with Crippen molar-refractivity contribution in [2.75, 3.05) is 79.4 Å². The number of hydrogen-bond donors (Lipinski definition) is 2. The fourth-order valence-corrected chi connectivity index (χ4v) is 16.0.